The average Bonchev–Trinajstić information content (AvgIpc) is 2.83. The molecular weight excluding hydrogens is 312 g/mol. The van der Waals surface area contributed by atoms with Crippen LogP contribution in [-0.2, 0) is 9.84 Å². The van der Waals surface area contributed by atoms with Crippen LogP contribution in [0.25, 0.3) is 16.9 Å². The summed E-state index contributed by atoms with van der Waals surface area (Å²) in [5, 5.41) is 4.14. The van der Waals surface area contributed by atoms with Crippen LogP contribution in [0, 0.1) is 6.92 Å². The Morgan fingerprint density at radius 1 is 1.17 bits per heavy atom. The molecule has 2 aromatic heterocycles. The smallest absolute Gasteiger partial charge is 0.175 e. The van der Waals surface area contributed by atoms with Crippen molar-refractivity contribution in [3.05, 3.63) is 42.1 Å². The van der Waals surface area contributed by atoms with Gasteiger partial charge in [0.25, 0.3) is 0 Å². The number of nitrogens with two attached hydrogens (primary N) is 1. The zero-order chi connectivity index (χ0) is 17.2. The molecule has 0 unspecified atom stereocenters. The summed E-state index contributed by atoms with van der Waals surface area (Å²) in [6.45, 7) is 5.85. The van der Waals surface area contributed by atoms with Crippen molar-refractivity contribution in [1.29, 1.82) is 0 Å². The van der Waals surface area contributed by atoms with E-state index in [0.717, 1.165) is 11.1 Å². The van der Waals surface area contributed by atoms with Crippen LogP contribution in [0.4, 0.5) is 5.82 Å². The van der Waals surface area contributed by atoms with E-state index in [-0.39, 0.29) is 4.90 Å². The zero-order valence-electron chi connectivity index (χ0n) is 13.6. The summed E-state index contributed by atoms with van der Waals surface area (Å²) < 4.78 is 24.9. The summed E-state index contributed by atoms with van der Waals surface area (Å²) in [5.41, 5.74) is 8.65. The summed E-state index contributed by atoms with van der Waals surface area (Å²) >= 11 is 0. The quantitative estimate of drug-likeness (QED) is 0.779. The molecule has 7 heteroatoms. The Hall–Kier alpha value is -2.41. The second kappa shape index (κ2) is 6.37. The van der Waals surface area contributed by atoms with Crippen LogP contribution in [0.2, 0.25) is 0 Å². The van der Waals surface area contributed by atoms with Gasteiger partial charge in [0, 0.05) is 23.6 Å². The molecule has 3 rings (SSSR count). The van der Waals surface area contributed by atoms with E-state index in [1.54, 1.807) is 35.0 Å². The molecule has 0 spiro atoms. The molecule has 122 valence electrons. The SMILES string of the molecule is CC.Cc1c(N)nn2ccc(-c3cccc(S(C)(=O)=O)c3)nc12. The fourth-order valence-electron chi connectivity index (χ4n) is 2.10. The maximum absolute atomic E-state index is 11.6. The Balaban J connectivity index is 0.000000924. The molecule has 0 atom stereocenters. The molecule has 0 saturated heterocycles. The third-order valence-corrected chi connectivity index (χ3v) is 4.42. The maximum atomic E-state index is 11.6. The van der Waals surface area contributed by atoms with Crippen LogP contribution in [0.15, 0.2) is 41.4 Å². The first-order valence-electron chi connectivity index (χ1n) is 7.28. The van der Waals surface area contributed by atoms with E-state index in [0.29, 0.717) is 17.2 Å². The highest BCUT2D eigenvalue weighted by Crippen LogP contribution is 2.23. The lowest BCUT2D eigenvalue weighted by atomic mass is 10.1. The molecule has 0 aliphatic carbocycles. The number of benzene rings is 1. The largest absolute Gasteiger partial charge is 0.382 e. The number of hydrogen-bond donors (Lipinski definition) is 1. The highest BCUT2D eigenvalue weighted by atomic mass is 32.2. The van der Waals surface area contributed by atoms with Crippen molar-refractivity contribution in [3.8, 4) is 11.3 Å². The number of hydrogen-bond acceptors (Lipinski definition) is 5. The number of anilines is 1. The predicted octanol–water partition coefficient (Wildman–Crippen LogP) is 2.72. The van der Waals surface area contributed by atoms with Gasteiger partial charge in [-0.25, -0.2) is 17.9 Å². The van der Waals surface area contributed by atoms with Crippen molar-refractivity contribution in [2.24, 2.45) is 0 Å². The monoisotopic (exact) mass is 332 g/mol. The maximum Gasteiger partial charge on any atom is 0.175 e. The van der Waals surface area contributed by atoms with Gasteiger partial charge >= 0.3 is 0 Å². The van der Waals surface area contributed by atoms with Crippen molar-refractivity contribution in [2.75, 3.05) is 12.0 Å². The number of fused-ring (bicyclic) bond motifs is 1. The summed E-state index contributed by atoms with van der Waals surface area (Å²) in [7, 11) is -3.25. The van der Waals surface area contributed by atoms with Crippen molar-refractivity contribution >= 4 is 21.3 Å². The number of sulfone groups is 1. The van der Waals surface area contributed by atoms with Gasteiger partial charge in [-0.1, -0.05) is 26.0 Å². The van der Waals surface area contributed by atoms with Gasteiger partial charge in [-0.3, -0.25) is 0 Å². The fourth-order valence-corrected chi connectivity index (χ4v) is 2.77. The molecule has 0 fully saturated rings. The molecule has 0 aliphatic heterocycles. The highest BCUT2D eigenvalue weighted by Gasteiger charge is 2.11. The molecule has 0 bridgehead atoms. The van der Waals surface area contributed by atoms with Gasteiger partial charge < -0.3 is 5.73 Å². The van der Waals surface area contributed by atoms with Crippen LogP contribution in [0.5, 0.6) is 0 Å². The number of rotatable bonds is 2. The molecule has 3 aromatic rings. The number of aromatic nitrogens is 3. The zero-order valence-corrected chi connectivity index (χ0v) is 14.4. The fraction of sp³-hybridized carbons (Fsp3) is 0.250. The molecule has 0 saturated carbocycles. The molecule has 1 aromatic carbocycles. The van der Waals surface area contributed by atoms with Gasteiger partial charge in [0.1, 0.15) is 0 Å². The van der Waals surface area contributed by atoms with Crippen molar-refractivity contribution in [1.82, 2.24) is 14.6 Å². The van der Waals surface area contributed by atoms with Gasteiger partial charge in [0.2, 0.25) is 0 Å². The summed E-state index contributed by atoms with van der Waals surface area (Å²) in [6, 6.07) is 8.49. The van der Waals surface area contributed by atoms with Gasteiger partial charge in [-0.2, -0.15) is 0 Å². The standard InChI is InChI=1S/C14H14N4O2S.C2H6/c1-9-13(15)17-18-7-6-12(16-14(9)18)10-4-3-5-11(8-10)21(2,19)20;1-2/h3-8H,1-2H3,(H2,15,17);1-2H3. The molecule has 6 nitrogen and oxygen atoms in total. The van der Waals surface area contributed by atoms with E-state index in [9.17, 15) is 8.42 Å². The predicted molar refractivity (Wildman–Crippen MR) is 92.0 cm³/mol. The van der Waals surface area contributed by atoms with Gasteiger partial charge in [0.05, 0.1) is 10.6 Å². The molecule has 2 N–H and O–H groups in total. The van der Waals surface area contributed by atoms with E-state index < -0.39 is 9.84 Å². The van der Waals surface area contributed by atoms with Crippen LogP contribution in [0.1, 0.15) is 19.4 Å². The van der Waals surface area contributed by atoms with Crippen LogP contribution in [-0.4, -0.2) is 29.3 Å². The minimum Gasteiger partial charge on any atom is -0.382 e. The number of nitrogens with zero attached hydrogens (tertiary/aromatic N) is 3. The number of aryl methyl sites for hydroxylation is 1. The van der Waals surface area contributed by atoms with Crippen LogP contribution >= 0.6 is 0 Å². The first-order chi connectivity index (χ1) is 10.9. The Morgan fingerprint density at radius 3 is 2.52 bits per heavy atom. The first kappa shape index (κ1) is 17.0. The summed E-state index contributed by atoms with van der Waals surface area (Å²) in [5.74, 6) is 0.435. The summed E-state index contributed by atoms with van der Waals surface area (Å²) in [4.78, 5) is 4.78. The normalized spacial score (nSPS) is 11.1. The van der Waals surface area contributed by atoms with E-state index in [1.807, 2.05) is 26.8 Å². The van der Waals surface area contributed by atoms with Crippen molar-refractivity contribution in [2.45, 2.75) is 25.7 Å². The third-order valence-electron chi connectivity index (χ3n) is 3.31. The number of nitrogen functional groups attached to an aromatic ring is 1. The Labute approximate surface area is 135 Å². The minimum atomic E-state index is -3.25. The topological polar surface area (TPSA) is 90.3 Å². The van der Waals surface area contributed by atoms with E-state index in [1.165, 1.54) is 6.26 Å². The first-order valence-corrected chi connectivity index (χ1v) is 9.17. The van der Waals surface area contributed by atoms with E-state index in [2.05, 4.69) is 10.1 Å². The summed E-state index contributed by atoms with van der Waals surface area (Å²) in [6.07, 6.45) is 2.94. The van der Waals surface area contributed by atoms with Crippen LogP contribution in [0.3, 0.4) is 0 Å². The minimum absolute atomic E-state index is 0.270. The molecule has 2 heterocycles. The average molecular weight is 332 g/mol. The van der Waals surface area contributed by atoms with Crippen molar-refractivity contribution in [3.63, 3.8) is 0 Å². The van der Waals surface area contributed by atoms with Gasteiger partial charge in [-0.05, 0) is 25.1 Å². The Morgan fingerprint density at radius 2 is 1.87 bits per heavy atom. The molecule has 0 amide bonds. The second-order valence-electron chi connectivity index (χ2n) is 4.89. The van der Waals surface area contributed by atoms with E-state index >= 15 is 0 Å². The Bertz CT molecular complexity index is 946. The van der Waals surface area contributed by atoms with Gasteiger partial charge in [0.15, 0.2) is 21.3 Å². The van der Waals surface area contributed by atoms with Crippen LogP contribution < -0.4 is 5.73 Å². The Kier molecular flexibility index (Phi) is 4.70. The lowest BCUT2D eigenvalue weighted by Gasteiger charge is -2.04. The van der Waals surface area contributed by atoms with Crippen molar-refractivity contribution < 1.29 is 8.42 Å². The molecule has 0 aliphatic rings. The lowest BCUT2D eigenvalue weighted by Crippen LogP contribution is -1.98. The third kappa shape index (κ3) is 3.34. The highest BCUT2D eigenvalue weighted by molar-refractivity contribution is 7.90. The van der Waals surface area contributed by atoms with Gasteiger partial charge in [-0.15, -0.1) is 5.10 Å². The lowest BCUT2D eigenvalue weighted by molar-refractivity contribution is 0.602. The second-order valence-corrected chi connectivity index (χ2v) is 6.91. The van der Waals surface area contributed by atoms with E-state index in [4.69, 9.17) is 5.73 Å². The molecule has 23 heavy (non-hydrogen) atoms. The molecule has 0 radical (unpaired) electrons. The molecular formula is C16H20N4O2S.